The SMILES string of the molecule is CCCC=CC1CCC(CCCCC2CCC(CCCCC)CC2)CC1. The van der Waals surface area contributed by atoms with Gasteiger partial charge in [-0.2, -0.15) is 0 Å². The van der Waals surface area contributed by atoms with Gasteiger partial charge in [0, 0.05) is 0 Å². The van der Waals surface area contributed by atoms with Crippen molar-refractivity contribution in [2.24, 2.45) is 23.7 Å². The van der Waals surface area contributed by atoms with Crippen LogP contribution in [-0.4, -0.2) is 0 Å². The monoisotopic (exact) mass is 360 g/mol. The first-order valence-corrected chi connectivity index (χ1v) is 12.5. The van der Waals surface area contributed by atoms with E-state index in [1.165, 1.54) is 89.9 Å². The van der Waals surface area contributed by atoms with Gasteiger partial charge in [0.15, 0.2) is 0 Å². The van der Waals surface area contributed by atoms with E-state index in [4.69, 9.17) is 0 Å². The fraction of sp³-hybridized carbons (Fsp3) is 0.923. The van der Waals surface area contributed by atoms with Gasteiger partial charge in [0.1, 0.15) is 0 Å². The molecule has 0 unspecified atom stereocenters. The van der Waals surface area contributed by atoms with Crippen molar-refractivity contribution in [2.75, 3.05) is 0 Å². The maximum Gasteiger partial charge on any atom is -0.0233 e. The third kappa shape index (κ3) is 9.09. The number of hydrogen-bond donors (Lipinski definition) is 0. The zero-order chi connectivity index (χ0) is 18.5. The Morgan fingerprint density at radius 1 is 0.577 bits per heavy atom. The van der Waals surface area contributed by atoms with Crippen LogP contribution in [0.15, 0.2) is 12.2 Å². The number of rotatable bonds is 12. The minimum absolute atomic E-state index is 0.908. The summed E-state index contributed by atoms with van der Waals surface area (Å²) in [6.07, 6.45) is 31.6. The van der Waals surface area contributed by atoms with Crippen molar-refractivity contribution in [1.82, 2.24) is 0 Å². The molecule has 0 atom stereocenters. The molecule has 0 aliphatic heterocycles. The highest BCUT2D eigenvalue weighted by atomic mass is 14.3. The molecule has 0 radical (unpaired) electrons. The highest BCUT2D eigenvalue weighted by Gasteiger charge is 2.21. The van der Waals surface area contributed by atoms with E-state index in [9.17, 15) is 0 Å². The molecule has 0 aromatic rings. The summed E-state index contributed by atoms with van der Waals surface area (Å²) in [5, 5.41) is 0. The molecular weight excluding hydrogens is 312 g/mol. The third-order valence-corrected chi connectivity index (χ3v) is 7.41. The lowest BCUT2D eigenvalue weighted by Gasteiger charge is -2.29. The molecule has 2 aliphatic rings. The summed E-state index contributed by atoms with van der Waals surface area (Å²) in [7, 11) is 0. The summed E-state index contributed by atoms with van der Waals surface area (Å²) in [4.78, 5) is 0. The molecule has 0 aromatic heterocycles. The van der Waals surface area contributed by atoms with E-state index in [-0.39, 0.29) is 0 Å². The Labute approximate surface area is 165 Å². The Bertz CT molecular complexity index is 339. The van der Waals surface area contributed by atoms with Gasteiger partial charge in [-0.15, -0.1) is 0 Å². The molecule has 152 valence electrons. The molecule has 0 N–H and O–H groups in total. The van der Waals surface area contributed by atoms with Crippen molar-refractivity contribution in [1.29, 1.82) is 0 Å². The van der Waals surface area contributed by atoms with E-state index >= 15 is 0 Å². The van der Waals surface area contributed by atoms with Crippen molar-refractivity contribution in [3.63, 3.8) is 0 Å². The molecule has 2 fully saturated rings. The number of allylic oxidation sites excluding steroid dienone is 2. The Kier molecular flexibility index (Phi) is 11.7. The highest BCUT2D eigenvalue weighted by Crippen LogP contribution is 2.36. The smallest absolute Gasteiger partial charge is 0.0233 e. The predicted octanol–water partition coefficient (Wildman–Crippen LogP) is 9.10. The molecule has 2 aliphatic carbocycles. The summed E-state index contributed by atoms with van der Waals surface area (Å²) in [5.41, 5.74) is 0. The van der Waals surface area contributed by atoms with Crippen LogP contribution >= 0.6 is 0 Å². The van der Waals surface area contributed by atoms with Gasteiger partial charge in [0.2, 0.25) is 0 Å². The van der Waals surface area contributed by atoms with E-state index in [1.807, 2.05) is 0 Å². The molecule has 0 amide bonds. The van der Waals surface area contributed by atoms with Gasteiger partial charge < -0.3 is 0 Å². The van der Waals surface area contributed by atoms with Crippen LogP contribution in [0.4, 0.5) is 0 Å². The summed E-state index contributed by atoms with van der Waals surface area (Å²) in [5.74, 6) is 4.13. The van der Waals surface area contributed by atoms with Crippen LogP contribution in [-0.2, 0) is 0 Å². The topological polar surface area (TPSA) is 0 Å². The lowest BCUT2D eigenvalue weighted by atomic mass is 9.77. The van der Waals surface area contributed by atoms with Gasteiger partial charge in [-0.25, -0.2) is 0 Å². The van der Waals surface area contributed by atoms with Crippen molar-refractivity contribution in [3.05, 3.63) is 12.2 Å². The lowest BCUT2D eigenvalue weighted by Crippen LogP contribution is -2.15. The summed E-state index contributed by atoms with van der Waals surface area (Å²) in [6.45, 7) is 4.60. The predicted molar refractivity (Wildman–Crippen MR) is 118 cm³/mol. The third-order valence-electron chi connectivity index (χ3n) is 7.41. The second-order valence-electron chi connectivity index (χ2n) is 9.66. The maximum absolute atomic E-state index is 2.53. The zero-order valence-corrected chi connectivity index (χ0v) is 18.2. The van der Waals surface area contributed by atoms with Crippen LogP contribution in [0.5, 0.6) is 0 Å². The van der Waals surface area contributed by atoms with Crippen LogP contribution in [0.25, 0.3) is 0 Å². The molecule has 0 spiro atoms. The Morgan fingerprint density at radius 2 is 1.04 bits per heavy atom. The van der Waals surface area contributed by atoms with Gasteiger partial charge in [0.25, 0.3) is 0 Å². The largest absolute Gasteiger partial charge is 0.0883 e. The second kappa shape index (κ2) is 13.8. The Balaban J connectivity index is 1.45. The van der Waals surface area contributed by atoms with Crippen LogP contribution < -0.4 is 0 Å². The molecule has 0 nitrogen and oxygen atoms in total. The van der Waals surface area contributed by atoms with Gasteiger partial charge in [-0.1, -0.05) is 109 Å². The minimum Gasteiger partial charge on any atom is -0.0883 e. The second-order valence-corrected chi connectivity index (χ2v) is 9.66. The van der Waals surface area contributed by atoms with E-state index in [0.29, 0.717) is 0 Å². The fourth-order valence-electron chi connectivity index (χ4n) is 5.48. The standard InChI is InChI=1S/C26H48/c1-3-5-7-11-23-15-19-25(20-16-23)13-9-10-14-26-21-17-24(18-22-26)12-8-6-4-2/h7,11,23-26H,3-6,8-10,12-22H2,1-2H3. The van der Waals surface area contributed by atoms with Crippen molar-refractivity contribution >= 4 is 0 Å². The van der Waals surface area contributed by atoms with Gasteiger partial charge in [-0.3, -0.25) is 0 Å². The van der Waals surface area contributed by atoms with E-state index in [1.54, 1.807) is 25.7 Å². The van der Waals surface area contributed by atoms with Gasteiger partial charge in [0.05, 0.1) is 0 Å². The molecule has 2 saturated carbocycles. The van der Waals surface area contributed by atoms with Crippen LogP contribution in [0.1, 0.15) is 129 Å². The molecule has 0 heterocycles. The lowest BCUT2D eigenvalue weighted by molar-refractivity contribution is 0.239. The molecule has 2 rings (SSSR count). The first kappa shape index (κ1) is 22.0. The molecule has 0 bridgehead atoms. The van der Waals surface area contributed by atoms with Gasteiger partial charge >= 0.3 is 0 Å². The summed E-state index contributed by atoms with van der Waals surface area (Å²) >= 11 is 0. The van der Waals surface area contributed by atoms with Crippen molar-refractivity contribution in [2.45, 2.75) is 129 Å². The van der Waals surface area contributed by atoms with Crippen molar-refractivity contribution < 1.29 is 0 Å². The van der Waals surface area contributed by atoms with Crippen molar-refractivity contribution in [3.8, 4) is 0 Å². The highest BCUT2D eigenvalue weighted by molar-refractivity contribution is 4.90. The van der Waals surface area contributed by atoms with Gasteiger partial charge in [-0.05, 0) is 55.8 Å². The minimum atomic E-state index is 0.908. The summed E-state index contributed by atoms with van der Waals surface area (Å²) in [6, 6.07) is 0. The molecule has 0 heteroatoms. The molecule has 0 saturated heterocycles. The first-order chi connectivity index (χ1) is 12.8. The normalized spacial score (nSPS) is 30.1. The molecular formula is C26H48. The first-order valence-electron chi connectivity index (χ1n) is 12.5. The fourth-order valence-corrected chi connectivity index (χ4v) is 5.48. The van der Waals surface area contributed by atoms with E-state index in [2.05, 4.69) is 26.0 Å². The zero-order valence-electron chi connectivity index (χ0n) is 18.2. The number of hydrogen-bond acceptors (Lipinski definition) is 0. The van der Waals surface area contributed by atoms with Crippen LogP contribution in [0.3, 0.4) is 0 Å². The quantitative estimate of drug-likeness (QED) is 0.240. The maximum atomic E-state index is 2.53. The molecule has 0 aromatic carbocycles. The van der Waals surface area contributed by atoms with Crippen LogP contribution in [0, 0.1) is 23.7 Å². The Hall–Kier alpha value is -0.260. The van der Waals surface area contributed by atoms with E-state index < -0.39 is 0 Å². The van der Waals surface area contributed by atoms with Crippen LogP contribution in [0.2, 0.25) is 0 Å². The summed E-state index contributed by atoms with van der Waals surface area (Å²) < 4.78 is 0. The number of unbranched alkanes of at least 4 members (excludes halogenated alkanes) is 4. The van der Waals surface area contributed by atoms with E-state index in [0.717, 1.165) is 23.7 Å². The average molecular weight is 361 g/mol. The average Bonchev–Trinajstić information content (AvgIpc) is 2.68. The Morgan fingerprint density at radius 3 is 1.50 bits per heavy atom. The molecule has 26 heavy (non-hydrogen) atoms.